The van der Waals surface area contributed by atoms with Crippen molar-refractivity contribution >= 4 is 37.9 Å². The summed E-state index contributed by atoms with van der Waals surface area (Å²) in [4.78, 5) is 0. The Balaban J connectivity index is 0. The van der Waals surface area contributed by atoms with E-state index in [1.807, 2.05) is 0 Å². The highest BCUT2D eigenvalue weighted by Crippen LogP contribution is 2.13. The van der Waals surface area contributed by atoms with E-state index in [-0.39, 0.29) is 0 Å². The van der Waals surface area contributed by atoms with Crippen molar-refractivity contribution in [2.24, 2.45) is 0 Å². The van der Waals surface area contributed by atoms with Crippen LogP contribution in [0.2, 0.25) is 0 Å². The average molecular weight is 465 g/mol. The molecule has 0 aliphatic rings. The molecule has 0 aliphatic carbocycles. The summed E-state index contributed by atoms with van der Waals surface area (Å²) < 4.78 is 0. The molecular formula is C26H56S3. The van der Waals surface area contributed by atoms with E-state index in [0.717, 1.165) is 17.3 Å². The van der Waals surface area contributed by atoms with Gasteiger partial charge in [0.25, 0.3) is 0 Å². The fourth-order valence-corrected chi connectivity index (χ4v) is 4.26. The summed E-state index contributed by atoms with van der Waals surface area (Å²) in [6.07, 6.45) is 31.2. The van der Waals surface area contributed by atoms with E-state index in [1.165, 1.54) is 141 Å². The molecule has 0 aliphatic heterocycles. The lowest BCUT2D eigenvalue weighted by Gasteiger charge is -2.03. The zero-order chi connectivity index (χ0) is 21.7. The predicted molar refractivity (Wildman–Crippen MR) is 149 cm³/mol. The highest BCUT2D eigenvalue weighted by molar-refractivity contribution is 7.80. The molecule has 0 nitrogen and oxygen atoms in total. The number of hydrogen-bond donors (Lipinski definition) is 3. The molecule has 0 spiro atoms. The van der Waals surface area contributed by atoms with Gasteiger partial charge in [-0.15, -0.1) is 0 Å². The van der Waals surface area contributed by atoms with E-state index < -0.39 is 0 Å². The van der Waals surface area contributed by atoms with E-state index >= 15 is 0 Å². The Morgan fingerprint density at radius 2 is 0.448 bits per heavy atom. The van der Waals surface area contributed by atoms with Crippen molar-refractivity contribution in [3.8, 4) is 0 Å². The Bertz CT molecular complexity index is 222. The molecule has 0 saturated carbocycles. The third-order valence-corrected chi connectivity index (χ3v) is 6.53. The molecule has 0 saturated heterocycles. The molecule has 0 bridgehead atoms. The second-order valence-electron chi connectivity index (χ2n) is 8.60. The van der Waals surface area contributed by atoms with Crippen molar-refractivity contribution < 1.29 is 0 Å². The fraction of sp³-hybridized carbons (Fsp3) is 1.00. The van der Waals surface area contributed by atoms with Crippen molar-refractivity contribution in [2.45, 2.75) is 148 Å². The predicted octanol–water partition coefficient (Wildman–Crippen LogP) is 10.4. The molecule has 3 heteroatoms. The first-order valence-corrected chi connectivity index (χ1v) is 15.1. The van der Waals surface area contributed by atoms with Gasteiger partial charge in [0.1, 0.15) is 0 Å². The van der Waals surface area contributed by atoms with Crippen molar-refractivity contribution in [1.82, 2.24) is 0 Å². The van der Waals surface area contributed by atoms with Gasteiger partial charge in [0, 0.05) is 0 Å². The van der Waals surface area contributed by atoms with Crippen LogP contribution < -0.4 is 0 Å². The van der Waals surface area contributed by atoms with Crippen LogP contribution in [0.1, 0.15) is 148 Å². The van der Waals surface area contributed by atoms with Crippen molar-refractivity contribution in [1.29, 1.82) is 0 Å². The molecule has 178 valence electrons. The molecule has 0 N–H and O–H groups in total. The lowest BCUT2D eigenvalue weighted by Crippen LogP contribution is -1.83. The molecule has 0 radical (unpaired) electrons. The van der Waals surface area contributed by atoms with Gasteiger partial charge in [0.15, 0.2) is 0 Å². The van der Waals surface area contributed by atoms with Gasteiger partial charge in [-0.1, -0.05) is 129 Å². The highest BCUT2D eigenvalue weighted by Gasteiger charge is 1.94. The maximum absolute atomic E-state index is 4.24. The maximum Gasteiger partial charge on any atom is -0.00979 e. The summed E-state index contributed by atoms with van der Waals surface area (Å²) in [6.45, 7) is 2.29. The minimum Gasteiger partial charge on any atom is -0.179 e. The molecule has 0 fully saturated rings. The number of rotatable bonds is 23. The minimum atomic E-state index is 1.05. The van der Waals surface area contributed by atoms with E-state index in [4.69, 9.17) is 0 Å². The first-order chi connectivity index (χ1) is 14.3. The highest BCUT2D eigenvalue weighted by atomic mass is 32.1. The first-order valence-electron chi connectivity index (χ1n) is 13.2. The van der Waals surface area contributed by atoms with E-state index in [1.54, 1.807) is 0 Å². The Morgan fingerprint density at radius 1 is 0.276 bits per heavy atom. The molecule has 0 rings (SSSR count). The van der Waals surface area contributed by atoms with Crippen LogP contribution in [-0.2, 0) is 0 Å². The van der Waals surface area contributed by atoms with Gasteiger partial charge in [0.05, 0.1) is 0 Å². The molecule has 0 unspecified atom stereocenters. The zero-order valence-corrected chi connectivity index (χ0v) is 22.7. The summed E-state index contributed by atoms with van der Waals surface area (Å²) >= 11 is 12.5. The van der Waals surface area contributed by atoms with Gasteiger partial charge in [-0.2, -0.15) is 37.9 Å². The SMILES string of the molecule is CCCCCCCCCCCCCCCCCCS.SCCCCCCCCS. The number of unbranched alkanes of at least 4 members (excludes halogenated alkanes) is 20. The minimum absolute atomic E-state index is 1.05. The van der Waals surface area contributed by atoms with Crippen LogP contribution in [0.4, 0.5) is 0 Å². The summed E-state index contributed by atoms with van der Waals surface area (Å²) in [7, 11) is 0. The zero-order valence-electron chi connectivity index (χ0n) is 20.0. The number of hydrogen-bond acceptors (Lipinski definition) is 3. The van der Waals surface area contributed by atoms with E-state index in [9.17, 15) is 0 Å². The smallest absolute Gasteiger partial charge is 0.00979 e. The summed E-state index contributed by atoms with van der Waals surface area (Å²) in [5, 5.41) is 0. The Labute approximate surface area is 202 Å². The molecule has 0 aromatic rings. The Kier molecular flexibility index (Phi) is 37.4. The maximum atomic E-state index is 4.24. The van der Waals surface area contributed by atoms with Crippen molar-refractivity contribution in [3.63, 3.8) is 0 Å². The molecule has 0 aromatic heterocycles. The van der Waals surface area contributed by atoms with Crippen molar-refractivity contribution in [3.05, 3.63) is 0 Å². The van der Waals surface area contributed by atoms with E-state index in [0.29, 0.717) is 0 Å². The number of thiol groups is 3. The average Bonchev–Trinajstić information content (AvgIpc) is 2.74. The van der Waals surface area contributed by atoms with Crippen molar-refractivity contribution in [2.75, 3.05) is 17.3 Å². The summed E-state index contributed by atoms with van der Waals surface area (Å²) in [6, 6.07) is 0. The van der Waals surface area contributed by atoms with Crippen LogP contribution in [0.3, 0.4) is 0 Å². The van der Waals surface area contributed by atoms with Gasteiger partial charge in [-0.3, -0.25) is 0 Å². The molecule has 0 aromatic carbocycles. The second kappa shape index (κ2) is 33.7. The standard InChI is InChI=1S/C18H38S.C8H18S2/c1-2-3-4-5-6-7-8-9-10-11-12-13-14-15-16-17-18-19;9-7-5-3-1-2-4-6-8-10/h19H,2-18H2,1H3;9-10H,1-8H2. The topological polar surface area (TPSA) is 0 Å². The Morgan fingerprint density at radius 3 is 0.621 bits per heavy atom. The van der Waals surface area contributed by atoms with E-state index in [2.05, 4.69) is 44.8 Å². The molecular weight excluding hydrogens is 408 g/mol. The van der Waals surface area contributed by atoms with Gasteiger partial charge in [-0.25, -0.2) is 0 Å². The molecule has 0 atom stereocenters. The van der Waals surface area contributed by atoms with Crippen LogP contribution in [0.15, 0.2) is 0 Å². The van der Waals surface area contributed by atoms with Gasteiger partial charge >= 0.3 is 0 Å². The van der Waals surface area contributed by atoms with Crippen LogP contribution in [0, 0.1) is 0 Å². The monoisotopic (exact) mass is 464 g/mol. The molecule has 29 heavy (non-hydrogen) atoms. The molecule has 0 amide bonds. The summed E-state index contributed by atoms with van der Waals surface area (Å²) in [5.74, 6) is 3.16. The quantitative estimate of drug-likeness (QED) is 0.0971. The lowest BCUT2D eigenvalue weighted by molar-refractivity contribution is 0.532. The van der Waals surface area contributed by atoms with Gasteiger partial charge in [0.2, 0.25) is 0 Å². The van der Waals surface area contributed by atoms with Crippen LogP contribution in [-0.4, -0.2) is 17.3 Å². The van der Waals surface area contributed by atoms with Crippen LogP contribution in [0.25, 0.3) is 0 Å². The van der Waals surface area contributed by atoms with Crippen LogP contribution in [0.5, 0.6) is 0 Å². The Hall–Kier alpha value is 1.05. The first kappa shape index (κ1) is 32.2. The van der Waals surface area contributed by atoms with Gasteiger partial charge < -0.3 is 0 Å². The second-order valence-corrected chi connectivity index (χ2v) is 9.94. The lowest BCUT2D eigenvalue weighted by atomic mass is 10.0. The van der Waals surface area contributed by atoms with Gasteiger partial charge in [-0.05, 0) is 36.5 Å². The normalized spacial score (nSPS) is 10.8. The van der Waals surface area contributed by atoms with Crippen LogP contribution >= 0.6 is 37.9 Å². The summed E-state index contributed by atoms with van der Waals surface area (Å²) in [5.41, 5.74) is 0. The third-order valence-electron chi connectivity index (χ3n) is 5.58. The largest absolute Gasteiger partial charge is 0.179 e. The fourth-order valence-electron chi connectivity index (χ4n) is 3.59. The third kappa shape index (κ3) is 36.7. The molecule has 0 heterocycles.